The third kappa shape index (κ3) is 3.36. The number of hydrogen-bond acceptors (Lipinski definition) is 4. The highest BCUT2D eigenvalue weighted by atomic mass is 79.9. The number of anilines is 3. The number of methoxy groups -OCH3 is 1. The van der Waals surface area contributed by atoms with Crippen LogP contribution in [0.25, 0.3) is 0 Å². The van der Waals surface area contributed by atoms with Crippen LogP contribution in [0.5, 0.6) is 0 Å². The van der Waals surface area contributed by atoms with E-state index in [0.29, 0.717) is 16.9 Å². The molecule has 0 atom stereocenters. The van der Waals surface area contributed by atoms with E-state index in [-0.39, 0.29) is 0 Å². The van der Waals surface area contributed by atoms with Gasteiger partial charge in [-0.1, -0.05) is 28.9 Å². The lowest BCUT2D eigenvalue weighted by Gasteiger charge is -2.16. The summed E-state index contributed by atoms with van der Waals surface area (Å²) in [4.78, 5) is 11.9. The Bertz CT molecular complexity index is 671. The summed E-state index contributed by atoms with van der Waals surface area (Å²) in [5.74, 6) is -0.417. The van der Waals surface area contributed by atoms with Crippen LogP contribution in [0.2, 0.25) is 0 Å². The second kappa shape index (κ2) is 6.63. The molecule has 0 unspecified atom stereocenters. The van der Waals surface area contributed by atoms with Crippen molar-refractivity contribution in [3.8, 4) is 0 Å². The number of nitrogen functional groups attached to an aromatic ring is 1. The zero-order valence-corrected chi connectivity index (χ0v) is 13.5. The molecule has 110 valence electrons. The molecule has 0 spiro atoms. The lowest BCUT2D eigenvalue weighted by atomic mass is 10.1. The molecule has 0 aromatic heterocycles. The zero-order valence-electron chi connectivity index (χ0n) is 11.9. The fraction of sp³-hybridized carbons (Fsp3) is 0.188. The van der Waals surface area contributed by atoms with E-state index in [1.807, 2.05) is 18.2 Å². The molecule has 3 N–H and O–H groups in total. The molecular formula is C16H17BrN2O2. The van der Waals surface area contributed by atoms with Gasteiger partial charge in [-0.2, -0.15) is 0 Å². The molecule has 0 fully saturated rings. The summed E-state index contributed by atoms with van der Waals surface area (Å²) in [6, 6.07) is 11.1. The molecule has 2 aromatic rings. The van der Waals surface area contributed by atoms with Crippen LogP contribution >= 0.6 is 15.9 Å². The number of hydrogen-bond donors (Lipinski definition) is 2. The van der Waals surface area contributed by atoms with Crippen LogP contribution in [0.4, 0.5) is 17.1 Å². The first-order valence-corrected chi connectivity index (χ1v) is 7.38. The number of benzene rings is 2. The second-order valence-electron chi connectivity index (χ2n) is 4.54. The zero-order chi connectivity index (χ0) is 15.4. The van der Waals surface area contributed by atoms with Crippen LogP contribution in [0.15, 0.2) is 40.9 Å². The molecule has 0 bridgehead atoms. The van der Waals surface area contributed by atoms with Crippen molar-refractivity contribution in [3.63, 3.8) is 0 Å². The third-order valence-corrected chi connectivity index (χ3v) is 3.70. The van der Waals surface area contributed by atoms with Gasteiger partial charge in [-0.05, 0) is 42.3 Å². The topological polar surface area (TPSA) is 64.3 Å². The maximum Gasteiger partial charge on any atom is 0.340 e. The van der Waals surface area contributed by atoms with Gasteiger partial charge < -0.3 is 15.8 Å². The van der Waals surface area contributed by atoms with E-state index < -0.39 is 5.97 Å². The first-order valence-electron chi connectivity index (χ1n) is 6.59. The van der Waals surface area contributed by atoms with Crippen molar-refractivity contribution in [1.82, 2.24) is 0 Å². The number of esters is 1. The lowest BCUT2D eigenvalue weighted by Crippen LogP contribution is -2.08. The molecule has 5 heteroatoms. The summed E-state index contributed by atoms with van der Waals surface area (Å²) in [5.41, 5.74) is 9.54. The predicted molar refractivity (Wildman–Crippen MR) is 89.0 cm³/mol. The highest BCUT2D eigenvalue weighted by molar-refractivity contribution is 9.10. The normalized spacial score (nSPS) is 10.2. The molecule has 0 saturated heterocycles. The Hall–Kier alpha value is -2.01. The van der Waals surface area contributed by atoms with Crippen molar-refractivity contribution in [2.24, 2.45) is 0 Å². The average Bonchev–Trinajstić information content (AvgIpc) is 2.49. The van der Waals surface area contributed by atoms with E-state index in [2.05, 4.69) is 28.2 Å². The van der Waals surface area contributed by atoms with Crippen LogP contribution in [-0.2, 0) is 11.2 Å². The van der Waals surface area contributed by atoms with Gasteiger partial charge in [0.15, 0.2) is 0 Å². The van der Waals surface area contributed by atoms with E-state index in [0.717, 1.165) is 22.1 Å². The van der Waals surface area contributed by atoms with Crippen LogP contribution in [0.1, 0.15) is 22.8 Å². The van der Waals surface area contributed by atoms with Crippen LogP contribution < -0.4 is 11.1 Å². The van der Waals surface area contributed by atoms with E-state index in [4.69, 9.17) is 10.5 Å². The smallest absolute Gasteiger partial charge is 0.340 e. The minimum Gasteiger partial charge on any atom is -0.465 e. The highest BCUT2D eigenvalue weighted by Gasteiger charge is 2.15. The van der Waals surface area contributed by atoms with E-state index in [9.17, 15) is 4.79 Å². The molecule has 0 radical (unpaired) electrons. The monoisotopic (exact) mass is 348 g/mol. The van der Waals surface area contributed by atoms with Gasteiger partial charge in [0, 0.05) is 10.2 Å². The van der Waals surface area contributed by atoms with Gasteiger partial charge in [-0.25, -0.2) is 4.79 Å². The second-order valence-corrected chi connectivity index (χ2v) is 5.46. The molecule has 0 aliphatic rings. The molecule has 0 saturated carbocycles. The molecular weight excluding hydrogens is 332 g/mol. The fourth-order valence-corrected chi connectivity index (χ4v) is 2.51. The van der Waals surface area contributed by atoms with E-state index in [1.165, 1.54) is 7.11 Å². The summed E-state index contributed by atoms with van der Waals surface area (Å²) in [5, 5.41) is 3.26. The third-order valence-electron chi connectivity index (χ3n) is 3.21. The Kier molecular flexibility index (Phi) is 4.85. The van der Waals surface area contributed by atoms with Gasteiger partial charge in [0.2, 0.25) is 0 Å². The van der Waals surface area contributed by atoms with Crippen molar-refractivity contribution < 1.29 is 9.53 Å². The van der Waals surface area contributed by atoms with Crippen molar-refractivity contribution >= 4 is 39.0 Å². The SMILES string of the molecule is CCc1cc(Br)ccc1Nc1c(N)cccc1C(=O)OC. The minimum atomic E-state index is -0.417. The number of nitrogens with two attached hydrogens (primary N) is 1. The molecule has 0 aliphatic carbocycles. The molecule has 0 heterocycles. The summed E-state index contributed by atoms with van der Waals surface area (Å²) in [6.45, 7) is 2.07. The van der Waals surface area contributed by atoms with Crippen LogP contribution in [0.3, 0.4) is 0 Å². The van der Waals surface area contributed by atoms with Gasteiger partial charge in [0.1, 0.15) is 0 Å². The summed E-state index contributed by atoms with van der Waals surface area (Å²) in [6.07, 6.45) is 0.863. The average molecular weight is 349 g/mol. The summed E-state index contributed by atoms with van der Waals surface area (Å²) in [7, 11) is 1.35. The Labute approximate surface area is 132 Å². The van der Waals surface area contributed by atoms with Crippen molar-refractivity contribution in [2.45, 2.75) is 13.3 Å². The number of halogens is 1. The van der Waals surface area contributed by atoms with Gasteiger partial charge in [0.05, 0.1) is 24.0 Å². The Morgan fingerprint density at radius 1 is 1.33 bits per heavy atom. The number of para-hydroxylation sites is 1. The molecule has 21 heavy (non-hydrogen) atoms. The highest BCUT2D eigenvalue weighted by Crippen LogP contribution is 2.31. The first kappa shape index (κ1) is 15.4. The predicted octanol–water partition coefficient (Wildman–Crippen LogP) is 4.12. The maximum atomic E-state index is 11.9. The quantitative estimate of drug-likeness (QED) is 0.644. The van der Waals surface area contributed by atoms with Crippen molar-refractivity contribution in [1.29, 1.82) is 0 Å². The molecule has 2 aromatic carbocycles. The molecule has 0 aliphatic heterocycles. The number of ether oxygens (including phenoxy) is 1. The number of aryl methyl sites for hydroxylation is 1. The molecule has 0 amide bonds. The maximum absolute atomic E-state index is 11.9. The molecule has 4 nitrogen and oxygen atoms in total. The van der Waals surface area contributed by atoms with Crippen LogP contribution in [-0.4, -0.2) is 13.1 Å². The minimum absolute atomic E-state index is 0.417. The van der Waals surface area contributed by atoms with E-state index >= 15 is 0 Å². The van der Waals surface area contributed by atoms with Gasteiger partial charge in [-0.15, -0.1) is 0 Å². The van der Waals surface area contributed by atoms with Crippen molar-refractivity contribution in [3.05, 3.63) is 52.0 Å². The number of carbonyl (C=O) groups is 1. The summed E-state index contributed by atoms with van der Waals surface area (Å²) < 4.78 is 5.82. The fourth-order valence-electron chi connectivity index (χ4n) is 2.10. The van der Waals surface area contributed by atoms with Gasteiger partial charge in [-0.3, -0.25) is 0 Å². The van der Waals surface area contributed by atoms with Crippen LogP contribution in [0, 0.1) is 0 Å². The molecule has 2 rings (SSSR count). The summed E-state index contributed by atoms with van der Waals surface area (Å²) >= 11 is 3.46. The van der Waals surface area contributed by atoms with E-state index in [1.54, 1.807) is 18.2 Å². The number of rotatable bonds is 4. The Balaban J connectivity index is 2.47. The standard InChI is InChI=1S/C16H17BrN2O2/c1-3-10-9-11(17)7-8-14(10)19-15-12(16(20)21-2)5-4-6-13(15)18/h4-9,19H,3,18H2,1-2H3. The van der Waals surface area contributed by atoms with Gasteiger partial charge in [0.25, 0.3) is 0 Å². The first-order chi connectivity index (χ1) is 10.1. The Morgan fingerprint density at radius 3 is 2.76 bits per heavy atom. The van der Waals surface area contributed by atoms with Gasteiger partial charge >= 0.3 is 5.97 Å². The number of carbonyl (C=O) groups excluding carboxylic acids is 1. The number of nitrogens with one attached hydrogen (secondary N) is 1. The van der Waals surface area contributed by atoms with Crippen molar-refractivity contribution in [2.75, 3.05) is 18.2 Å². The largest absolute Gasteiger partial charge is 0.465 e. The Morgan fingerprint density at radius 2 is 2.10 bits per heavy atom. The lowest BCUT2D eigenvalue weighted by molar-refractivity contribution is 0.0602.